The molecule has 0 spiro atoms. The minimum Gasteiger partial charge on any atom is -0.508 e. The van der Waals surface area contributed by atoms with Crippen LogP contribution in [0, 0.1) is 0 Å². The van der Waals surface area contributed by atoms with Gasteiger partial charge in [-0.2, -0.15) is 0 Å². The predicted molar refractivity (Wildman–Crippen MR) is 64.0 cm³/mol. The molecule has 0 saturated carbocycles. The van der Waals surface area contributed by atoms with Crippen LogP contribution in [0.3, 0.4) is 0 Å². The van der Waals surface area contributed by atoms with Crippen LogP contribution in [-0.2, 0) is 11.0 Å². The lowest BCUT2D eigenvalue weighted by Gasteiger charge is -2.25. The highest BCUT2D eigenvalue weighted by atomic mass is 16.3. The van der Waals surface area contributed by atoms with Crippen molar-refractivity contribution in [3.05, 3.63) is 29.3 Å². The lowest BCUT2D eigenvalue weighted by Crippen LogP contribution is -2.29. The first-order chi connectivity index (χ1) is 6.62. The van der Waals surface area contributed by atoms with Crippen molar-refractivity contribution in [1.82, 2.24) is 0 Å². The van der Waals surface area contributed by atoms with Crippen molar-refractivity contribution in [1.29, 1.82) is 0 Å². The lowest BCUT2D eigenvalue weighted by molar-refractivity contribution is 0.438. The average Bonchev–Trinajstić information content (AvgIpc) is 2.00. The van der Waals surface area contributed by atoms with Crippen LogP contribution in [0.1, 0.15) is 45.7 Å². The molecule has 0 saturated heterocycles. The molecule has 0 atom stereocenters. The second kappa shape index (κ2) is 3.53. The Kier molecular flexibility index (Phi) is 2.83. The van der Waals surface area contributed by atoms with Gasteiger partial charge in [-0.25, -0.2) is 0 Å². The summed E-state index contributed by atoms with van der Waals surface area (Å²) >= 11 is 0. The lowest BCUT2D eigenvalue weighted by atomic mass is 9.83. The zero-order valence-corrected chi connectivity index (χ0v) is 10.3. The van der Waals surface area contributed by atoms with Crippen molar-refractivity contribution in [2.24, 2.45) is 5.73 Å². The van der Waals surface area contributed by atoms with E-state index in [1.54, 1.807) is 6.07 Å². The standard InChI is InChI=1S/C13H21NO/c1-12(2,3)9-6-7-11(15)10(8-9)13(4,5)14/h6-8,15H,14H2,1-5H3. The first-order valence-electron chi connectivity index (χ1n) is 5.25. The van der Waals surface area contributed by atoms with Gasteiger partial charge < -0.3 is 10.8 Å². The molecule has 2 nitrogen and oxygen atoms in total. The average molecular weight is 207 g/mol. The van der Waals surface area contributed by atoms with E-state index < -0.39 is 5.54 Å². The molecule has 15 heavy (non-hydrogen) atoms. The zero-order chi connectivity index (χ0) is 11.9. The highest BCUT2D eigenvalue weighted by Gasteiger charge is 2.22. The maximum Gasteiger partial charge on any atom is 0.120 e. The van der Waals surface area contributed by atoms with E-state index in [4.69, 9.17) is 5.73 Å². The molecule has 2 heteroatoms. The maximum atomic E-state index is 9.76. The molecule has 0 radical (unpaired) electrons. The third-order valence-corrected chi connectivity index (χ3v) is 2.56. The van der Waals surface area contributed by atoms with Crippen LogP contribution >= 0.6 is 0 Å². The van der Waals surface area contributed by atoms with Gasteiger partial charge in [0.25, 0.3) is 0 Å². The summed E-state index contributed by atoms with van der Waals surface area (Å²) in [7, 11) is 0. The van der Waals surface area contributed by atoms with Gasteiger partial charge in [0.1, 0.15) is 5.75 Å². The largest absolute Gasteiger partial charge is 0.508 e. The van der Waals surface area contributed by atoms with Crippen LogP contribution in [0.5, 0.6) is 5.75 Å². The number of phenols is 1. The van der Waals surface area contributed by atoms with Gasteiger partial charge in [-0.05, 0) is 37.0 Å². The molecule has 0 aliphatic carbocycles. The summed E-state index contributed by atoms with van der Waals surface area (Å²) in [4.78, 5) is 0. The number of phenolic OH excluding ortho intramolecular Hbond substituents is 1. The first-order valence-corrected chi connectivity index (χ1v) is 5.25. The van der Waals surface area contributed by atoms with E-state index in [0.717, 1.165) is 5.56 Å². The maximum absolute atomic E-state index is 9.76. The van der Waals surface area contributed by atoms with Gasteiger partial charge in [-0.3, -0.25) is 0 Å². The molecular formula is C13H21NO. The summed E-state index contributed by atoms with van der Waals surface area (Å²) in [5.41, 5.74) is 7.57. The number of rotatable bonds is 1. The zero-order valence-electron chi connectivity index (χ0n) is 10.3. The predicted octanol–water partition coefficient (Wildman–Crippen LogP) is 2.88. The summed E-state index contributed by atoms with van der Waals surface area (Å²) in [6.45, 7) is 10.2. The molecule has 0 unspecified atom stereocenters. The van der Waals surface area contributed by atoms with Crippen molar-refractivity contribution >= 4 is 0 Å². The Balaban J connectivity index is 3.30. The second-order valence-electron chi connectivity index (χ2n) is 5.70. The Morgan fingerprint density at radius 2 is 1.60 bits per heavy atom. The summed E-state index contributed by atoms with van der Waals surface area (Å²) in [5, 5.41) is 9.76. The van der Waals surface area contributed by atoms with Gasteiger partial charge in [0.05, 0.1) is 0 Å². The van der Waals surface area contributed by atoms with Crippen LogP contribution in [0.4, 0.5) is 0 Å². The number of hydrogen-bond donors (Lipinski definition) is 2. The molecule has 3 N–H and O–H groups in total. The smallest absolute Gasteiger partial charge is 0.120 e. The molecule has 1 rings (SSSR count). The molecule has 1 aromatic carbocycles. The molecular weight excluding hydrogens is 186 g/mol. The van der Waals surface area contributed by atoms with Crippen molar-refractivity contribution < 1.29 is 5.11 Å². The van der Waals surface area contributed by atoms with Crippen LogP contribution < -0.4 is 5.73 Å². The monoisotopic (exact) mass is 207 g/mol. The van der Waals surface area contributed by atoms with E-state index in [-0.39, 0.29) is 11.2 Å². The number of benzene rings is 1. The summed E-state index contributed by atoms with van der Waals surface area (Å²) < 4.78 is 0. The van der Waals surface area contributed by atoms with Crippen LogP contribution in [0.25, 0.3) is 0 Å². The first kappa shape index (κ1) is 12.1. The van der Waals surface area contributed by atoms with Crippen molar-refractivity contribution in [2.75, 3.05) is 0 Å². The fourth-order valence-corrected chi connectivity index (χ4v) is 1.52. The molecule has 0 aromatic heterocycles. The normalized spacial score (nSPS) is 12.9. The fraction of sp³-hybridized carbons (Fsp3) is 0.538. The third-order valence-electron chi connectivity index (χ3n) is 2.56. The summed E-state index contributed by atoms with van der Waals surface area (Å²) in [5.74, 6) is 0.274. The van der Waals surface area contributed by atoms with Crippen LogP contribution in [-0.4, -0.2) is 5.11 Å². The minimum atomic E-state index is -0.509. The Bertz CT molecular complexity index is 356. The minimum absolute atomic E-state index is 0.0771. The Morgan fingerprint density at radius 3 is 2.00 bits per heavy atom. The fourth-order valence-electron chi connectivity index (χ4n) is 1.52. The molecule has 0 aliphatic rings. The highest BCUT2D eigenvalue weighted by molar-refractivity contribution is 5.42. The molecule has 0 amide bonds. The Hall–Kier alpha value is -1.02. The molecule has 0 heterocycles. The van der Waals surface area contributed by atoms with E-state index in [0.29, 0.717) is 0 Å². The molecule has 0 aliphatic heterocycles. The van der Waals surface area contributed by atoms with Gasteiger partial charge in [0, 0.05) is 11.1 Å². The van der Waals surface area contributed by atoms with E-state index in [9.17, 15) is 5.11 Å². The topological polar surface area (TPSA) is 46.2 Å². The third kappa shape index (κ3) is 2.72. The molecule has 84 valence electrons. The molecule has 1 aromatic rings. The van der Waals surface area contributed by atoms with Gasteiger partial charge in [-0.15, -0.1) is 0 Å². The summed E-state index contributed by atoms with van der Waals surface area (Å²) in [6.07, 6.45) is 0. The Morgan fingerprint density at radius 1 is 1.07 bits per heavy atom. The number of aromatic hydroxyl groups is 1. The van der Waals surface area contributed by atoms with Crippen molar-refractivity contribution in [3.63, 3.8) is 0 Å². The quantitative estimate of drug-likeness (QED) is 0.743. The number of nitrogens with two attached hydrogens (primary N) is 1. The van der Waals surface area contributed by atoms with Gasteiger partial charge in [0.15, 0.2) is 0 Å². The van der Waals surface area contributed by atoms with Gasteiger partial charge in [0.2, 0.25) is 0 Å². The molecule has 0 fully saturated rings. The van der Waals surface area contributed by atoms with E-state index in [2.05, 4.69) is 20.8 Å². The van der Waals surface area contributed by atoms with E-state index in [1.807, 2.05) is 26.0 Å². The summed E-state index contributed by atoms with van der Waals surface area (Å²) in [6, 6.07) is 5.67. The van der Waals surface area contributed by atoms with Crippen LogP contribution in [0.15, 0.2) is 18.2 Å². The number of hydrogen-bond acceptors (Lipinski definition) is 2. The van der Waals surface area contributed by atoms with E-state index >= 15 is 0 Å². The Labute approximate surface area is 92.1 Å². The van der Waals surface area contributed by atoms with Crippen molar-refractivity contribution in [2.45, 2.75) is 45.6 Å². The highest BCUT2D eigenvalue weighted by Crippen LogP contribution is 2.32. The molecule has 0 bridgehead atoms. The van der Waals surface area contributed by atoms with Gasteiger partial charge >= 0.3 is 0 Å². The van der Waals surface area contributed by atoms with Crippen molar-refractivity contribution in [3.8, 4) is 5.75 Å². The van der Waals surface area contributed by atoms with Gasteiger partial charge in [-0.1, -0.05) is 26.8 Å². The SMILES string of the molecule is CC(C)(C)c1ccc(O)c(C(C)(C)N)c1. The van der Waals surface area contributed by atoms with Crippen LogP contribution in [0.2, 0.25) is 0 Å². The second-order valence-corrected chi connectivity index (χ2v) is 5.70. The van der Waals surface area contributed by atoms with E-state index in [1.165, 1.54) is 5.56 Å².